The minimum Gasteiger partial charge on any atom is -0.493 e. The monoisotopic (exact) mass is 546 g/mol. The Hall–Kier alpha value is -3.24. The van der Waals surface area contributed by atoms with E-state index >= 15 is 0 Å². The van der Waals surface area contributed by atoms with Gasteiger partial charge in [-0.3, -0.25) is 9.10 Å². The van der Waals surface area contributed by atoms with Gasteiger partial charge in [-0.1, -0.05) is 29.8 Å². The fraction of sp³-hybridized carbons (Fsp3) is 0.296. The van der Waals surface area contributed by atoms with Crippen LogP contribution in [0.2, 0.25) is 0 Å². The molecular weight excluding hydrogens is 515 g/mol. The number of hydrogen-bond acceptors (Lipinski definition) is 6. The lowest BCUT2D eigenvalue weighted by atomic mass is 10.2. The Morgan fingerprint density at radius 2 is 1.65 bits per heavy atom. The molecule has 0 aliphatic heterocycles. The molecule has 0 saturated heterocycles. The maximum atomic E-state index is 13.6. The van der Waals surface area contributed by atoms with Crippen molar-refractivity contribution in [3.63, 3.8) is 0 Å². The van der Waals surface area contributed by atoms with Crippen molar-refractivity contribution >= 4 is 33.4 Å². The Morgan fingerprint density at radius 3 is 2.30 bits per heavy atom. The van der Waals surface area contributed by atoms with Gasteiger partial charge in [0, 0.05) is 18.4 Å². The summed E-state index contributed by atoms with van der Waals surface area (Å²) in [6, 6.07) is 17.6. The second-order valence-electron chi connectivity index (χ2n) is 8.25. The summed E-state index contributed by atoms with van der Waals surface area (Å²) >= 11 is 1.68. The van der Waals surface area contributed by atoms with Gasteiger partial charge in [0.05, 0.1) is 24.8 Å². The summed E-state index contributed by atoms with van der Waals surface area (Å²) in [5.74, 6) is 1.55. The number of hydrogen-bond donors (Lipinski definition) is 1. The molecule has 0 radical (unpaired) electrons. The third-order valence-electron chi connectivity index (χ3n) is 5.52. The van der Waals surface area contributed by atoms with Gasteiger partial charge in [-0.25, -0.2) is 12.8 Å². The zero-order valence-corrected chi connectivity index (χ0v) is 22.7. The molecule has 1 amide bonds. The molecule has 0 fully saturated rings. The average Bonchev–Trinajstić information content (AvgIpc) is 2.90. The van der Waals surface area contributed by atoms with Crippen LogP contribution in [0.25, 0.3) is 0 Å². The highest BCUT2D eigenvalue weighted by Gasteiger charge is 2.28. The third-order valence-corrected chi connectivity index (χ3v) is 8.41. The van der Waals surface area contributed by atoms with Gasteiger partial charge < -0.3 is 14.8 Å². The molecule has 10 heteroatoms. The smallest absolute Gasteiger partial charge is 0.264 e. The lowest BCUT2D eigenvalue weighted by Crippen LogP contribution is -2.41. The van der Waals surface area contributed by atoms with E-state index in [1.165, 1.54) is 44.6 Å². The number of methoxy groups -OCH3 is 2. The molecule has 0 aromatic heterocycles. The number of anilines is 1. The molecule has 198 valence electrons. The van der Waals surface area contributed by atoms with Crippen molar-refractivity contribution in [1.82, 2.24) is 5.32 Å². The first-order valence-corrected chi connectivity index (χ1v) is 14.2. The van der Waals surface area contributed by atoms with Gasteiger partial charge in [0.15, 0.2) is 11.5 Å². The molecule has 3 rings (SSSR count). The number of rotatable bonds is 13. The first-order valence-electron chi connectivity index (χ1n) is 11.6. The van der Waals surface area contributed by atoms with Crippen LogP contribution in [0.15, 0.2) is 71.6 Å². The lowest BCUT2D eigenvalue weighted by Gasteiger charge is -2.24. The van der Waals surface area contributed by atoms with Crippen LogP contribution in [0.5, 0.6) is 11.5 Å². The molecule has 0 heterocycles. The number of nitrogens with one attached hydrogen (secondary N) is 1. The third kappa shape index (κ3) is 7.87. The summed E-state index contributed by atoms with van der Waals surface area (Å²) in [5, 5.41) is 2.81. The Labute approximate surface area is 222 Å². The number of benzene rings is 3. The van der Waals surface area contributed by atoms with Gasteiger partial charge in [-0.15, -0.1) is 0 Å². The van der Waals surface area contributed by atoms with Gasteiger partial charge in [-0.05, 0) is 61.1 Å². The van der Waals surface area contributed by atoms with Gasteiger partial charge in [0.25, 0.3) is 10.0 Å². The van der Waals surface area contributed by atoms with Crippen LogP contribution >= 0.6 is 11.8 Å². The van der Waals surface area contributed by atoms with Gasteiger partial charge >= 0.3 is 0 Å². The highest BCUT2D eigenvalue weighted by molar-refractivity contribution is 7.98. The number of ether oxygens (including phenoxy) is 2. The van der Waals surface area contributed by atoms with Crippen LogP contribution in [-0.2, 0) is 20.6 Å². The van der Waals surface area contributed by atoms with Crippen LogP contribution in [0.4, 0.5) is 10.1 Å². The van der Waals surface area contributed by atoms with Crippen LogP contribution in [0, 0.1) is 12.7 Å². The van der Waals surface area contributed by atoms with Crippen molar-refractivity contribution in [2.75, 3.05) is 37.4 Å². The van der Waals surface area contributed by atoms with E-state index in [0.717, 1.165) is 26.9 Å². The summed E-state index contributed by atoms with van der Waals surface area (Å²) in [5.41, 5.74) is 2.38. The van der Waals surface area contributed by atoms with Gasteiger partial charge in [0.1, 0.15) is 12.4 Å². The van der Waals surface area contributed by atoms with E-state index in [4.69, 9.17) is 9.47 Å². The highest BCUT2D eigenvalue weighted by atomic mass is 32.2. The standard InChI is InChI=1S/C27H31FN2O5S2/c1-20-5-11-23(12-6-20)30(37(32,33)24-13-14-25(34-2)26(17-24)35-3)18-27(31)29-15-4-16-36-19-21-7-9-22(28)10-8-21/h5-14,17H,4,15-16,18-19H2,1-3H3,(H,29,31). The molecular formula is C27H31FN2O5S2. The second-order valence-corrected chi connectivity index (χ2v) is 11.2. The minimum atomic E-state index is -4.09. The average molecular weight is 547 g/mol. The molecule has 0 bridgehead atoms. The Kier molecular flexibility index (Phi) is 10.2. The molecule has 3 aromatic carbocycles. The normalized spacial score (nSPS) is 11.1. The summed E-state index contributed by atoms with van der Waals surface area (Å²) in [6.07, 6.45) is 0.713. The lowest BCUT2D eigenvalue weighted by molar-refractivity contribution is -0.119. The molecule has 1 N–H and O–H groups in total. The topological polar surface area (TPSA) is 84.9 Å². The van der Waals surface area contributed by atoms with E-state index in [0.29, 0.717) is 24.4 Å². The predicted molar refractivity (Wildman–Crippen MR) is 145 cm³/mol. The number of nitrogens with zero attached hydrogens (tertiary/aromatic N) is 1. The Balaban J connectivity index is 1.65. The van der Waals surface area contributed by atoms with Crippen molar-refractivity contribution in [1.29, 1.82) is 0 Å². The number of amides is 1. The number of aryl methyl sites for hydroxylation is 1. The molecule has 0 atom stereocenters. The van der Waals surface area contributed by atoms with E-state index in [9.17, 15) is 17.6 Å². The fourth-order valence-electron chi connectivity index (χ4n) is 3.49. The summed E-state index contributed by atoms with van der Waals surface area (Å²) < 4.78 is 51.8. The zero-order chi connectivity index (χ0) is 26.8. The Bertz CT molecular complexity index is 1280. The number of halogens is 1. The van der Waals surface area contributed by atoms with E-state index in [1.54, 1.807) is 48.2 Å². The molecule has 0 spiro atoms. The summed E-state index contributed by atoms with van der Waals surface area (Å²) in [4.78, 5) is 12.8. The minimum absolute atomic E-state index is 0.0179. The summed E-state index contributed by atoms with van der Waals surface area (Å²) in [6.45, 7) is 1.94. The van der Waals surface area contributed by atoms with Gasteiger partial charge in [0.2, 0.25) is 5.91 Å². The molecule has 0 unspecified atom stereocenters. The van der Waals surface area contributed by atoms with Crippen LogP contribution in [0.1, 0.15) is 17.5 Å². The first kappa shape index (κ1) is 28.3. The Morgan fingerprint density at radius 1 is 0.973 bits per heavy atom. The number of thioether (sulfide) groups is 1. The molecule has 0 saturated carbocycles. The number of carbonyl (C=O) groups excluding carboxylic acids is 1. The van der Waals surface area contributed by atoms with Crippen molar-refractivity contribution in [2.24, 2.45) is 0 Å². The second kappa shape index (κ2) is 13.3. The van der Waals surface area contributed by atoms with Crippen molar-refractivity contribution in [2.45, 2.75) is 24.0 Å². The predicted octanol–water partition coefficient (Wildman–Crippen LogP) is 4.79. The summed E-state index contributed by atoms with van der Waals surface area (Å²) in [7, 11) is -1.19. The van der Waals surface area contributed by atoms with E-state index in [1.807, 2.05) is 6.92 Å². The zero-order valence-electron chi connectivity index (χ0n) is 21.1. The number of carbonyl (C=O) groups is 1. The molecule has 0 aliphatic carbocycles. The van der Waals surface area contributed by atoms with Crippen LogP contribution in [-0.4, -0.2) is 47.4 Å². The fourth-order valence-corrected chi connectivity index (χ4v) is 5.85. The van der Waals surface area contributed by atoms with Gasteiger partial charge in [-0.2, -0.15) is 11.8 Å². The largest absolute Gasteiger partial charge is 0.493 e. The van der Waals surface area contributed by atoms with Crippen molar-refractivity contribution in [3.8, 4) is 11.5 Å². The molecule has 37 heavy (non-hydrogen) atoms. The molecule has 0 aliphatic rings. The quantitative estimate of drug-likeness (QED) is 0.311. The SMILES string of the molecule is COc1ccc(S(=O)(=O)N(CC(=O)NCCCSCc2ccc(F)cc2)c2ccc(C)cc2)cc1OC. The van der Waals surface area contributed by atoms with Crippen molar-refractivity contribution in [3.05, 3.63) is 83.7 Å². The van der Waals surface area contributed by atoms with Crippen molar-refractivity contribution < 1.29 is 27.1 Å². The maximum Gasteiger partial charge on any atom is 0.264 e. The molecule has 3 aromatic rings. The van der Waals surface area contributed by atoms with E-state index in [2.05, 4.69) is 5.32 Å². The highest BCUT2D eigenvalue weighted by Crippen LogP contribution is 2.32. The van der Waals surface area contributed by atoms with E-state index < -0.39 is 15.9 Å². The molecule has 7 nitrogen and oxygen atoms in total. The first-order chi connectivity index (χ1) is 17.7. The van der Waals surface area contributed by atoms with Crippen LogP contribution < -0.4 is 19.1 Å². The number of sulfonamides is 1. The van der Waals surface area contributed by atoms with E-state index in [-0.39, 0.29) is 23.0 Å². The van der Waals surface area contributed by atoms with Crippen LogP contribution in [0.3, 0.4) is 0 Å². The maximum absolute atomic E-state index is 13.6.